The molecule has 1 aromatic carbocycles. The Balaban J connectivity index is 0.00000144. The SMILES string of the molecule is C[C@H]1CNCCN1C(=O)c1cccc(Cl)c1.Cl. The van der Waals surface area contributed by atoms with Gasteiger partial charge >= 0.3 is 0 Å². The Morgan fingerprint density at radius 2 is 2.29 bits per heavy atom. The molecule has 1 amide bonds. The van der Waals surface area contributed by atoms with Gasteiger partial charge in [0.15, 0.2) is 0 Å². The van der Waals surface area contributed by atoms with Crippen molar-refractivity contribution in [1.29, 1.82) is 0 Å². The Bertz CT molecular complexity index is 398. The summed E-state index contributed by atoms with van der Waals surface area (Å²) in [6.07, 6.45) is 0. The van der Waals surface area contributed by atoms with Crippen molar-refractivity contribution in [2.75, 3.05) is 19.6 Å². The Labute approximate surface area is 113 Å². The molecule has 0 saturated carbocycles. The van der Waals surface area contributed by atoms with Crippen LogP contribution in [-0.4, -0.2) is 36.5 Å². The summed E-state index contributed by atoms with van der Waals surface area (Å²) in [7, 11) is 0. The summed E-state index contributed by atoms with van der Waals surface area (Å²) in [5.74, 6) is 0.0662. The van der Waals surface area contributed by atoms with Gasteiger partial charge < -0.3 is 10.2 Å². The third-order valence-corrected chi connectivity index (χ3v) is 3.07. The normalized spacial score (nSPS) is 19.6. The standard InChI is InChI=1S/C12H15ClN2O.ClH/c1-9-8-14-5-6-15(9)12(16)10-3-2-4-11(13)7-10;/h2-4,7,9,14H,5-6,8H2,1H3;1H/t9-;/m0./s1. The lowest BCUT2D eigenvalue weighted by Gasteiger charge is -2.34. The monoisotopic (exact) mass is 274 g/mol. The van der Waals surface area contributed by atoms with Gasteiger partial charge in [0.05, 0.1) is 0 Å². The maximum atomic E-state index is 12.2. The van der Waals surface area contributed by atoms with Crippen LogP contribution in [0.5, 0.6) is 0 Å². The summed E-state index contributed by atoms with van der Waals surface area (Å²) >= 11 is 5.88. The highest BCUT2D eigenvalue weighted by Gasteiger charge is 2.23. The summed E-state index contributed by atoms with van der Waals surface area (Å²) in [5, 5.41) is 3.87. The van der Waals surface area contributed by atoms with Crippen molar-refractivity contribution < 1.29 is 4.79 Å². The molecule has 1 aliphatic rings. The molecule has 0 aromatic heterocycles. The molecule has 17 heavy (non-hydrogen) atoms. The highest BCUT2D eigenvalue weighted by Crippen LogP contribution is 2.14. The summed E-state index contributed by atoms with van der Waals surface area (Å²) in [4.78, 5) is 14.1. The van der Waals surface area contributed by atoms with E-state index < -0.39 is 0 Å². The Hall–Kier alpha value is -0.770. The zero-order valence-electron chi connectivity index (χ0n) is 9.65. The molecule has 1 saturated heterocycles. The second kappa shape index (κ2) is 6.24. The van der Waals surface area contributed by atoms with Crippen molar-refractivity contribution in [1.82, 2.24) is 10.2 Å². The molecule has 0 bridgehead atoms. The number of nitrogens with zero attached hydrogens (tertiary/aromatic N) is 1. The van der Waals surface area contributed by atoms with Gasteiger partial charge in [-0.05, 0) is 25.1 Å². The predicted octanol–water partition coefficient (Wildman–Crippen LogP) is 2.20. The number of carbonyl (C=O) groups excluding carboxylic acids is 1. The first kappa shape index (κ1) is 14.3. The molecule has 3 nitrogen and oxygen atoms in total. The van der Waals surface area contributed by atoms with E-state index >= 15 is 0 Å². The first-order chi connectivity index (χ1) is 7.68. The quantitative estimate of drug-likeness (QED) is 0.852. The molecule has 1 fully saturated rings. The van der Waals surface area contributed by atoms with E-state index in [1.165, 1.54) is 0 Å². The van der Waals surface area contributed by atoms with Crippen LogP contribution in [-0.2, 0) is 0 Å². The fourth-order valence-corrected chi connectivity index (χ4v) is 2.12. The van der Waals surface area contributed by atoms with Crippen LogP contribution in [0.15, 0.2) is 24.3 Å². The molecular formula is C12H16Cl2N2O. The fourth-order valence-electron chi connectivity index (χ4n) is 1.93. The van der Waals surface area contributed by atoms with Gasteiger partial charge in [0.1, 0.15) is 0 Å². The molecule has 0 spiro atoms. The van der Waals surface area contributed by atoms with Crippen LogP contribution >= 0.6 is 24.0 Å². The second-order valence-electron chi connectivity index (χ2n) is 4.06. The first-order valence-electron chi connectivity index (χ1n) is 5.46. The van der Waals surface area contributed by atoms with E-state index in [9.17, 15) is 4.79 Å². The van der Waals surface area contributed by atoms with Crippen LogP contribution in [0.3, 0.4) is 0 Å². The van der Waals surface area contributed by atoms with Gasteiger partial charge in [-0.25, -0.2) is 0 Å². The van der Waals surface area contributed by atoms with Crippen LogP contribution in [0.25, 0.3) is 0 Å². The topological polar surface area (TPSA) is 32.3 Å². The van der Waals surface area contributed by atoms with Crippen LogP contribution in [0, 0.1) is 0 Å². The predicted molar refractivity (Wildman–Crippen MR) is 72.1 cm³/mol. The minimum absolute atomic E-state index is 0. The van der Waals surface area contributed by atoms with Crippen LogP contribution in [0.1, 0.15) is 17.3 Å². The van der Waals surface area contributed by atoms with E-state index in [0.29, 0.717) is 10.6 Å². The molecule has 5 heteroatoms. The van der Waals surface area contributed by atoms with E-state index in [1.54, 1.807) is 12.1 Å². The van der Waals surface area contributed by atoms with Crippen molar-refractivity contribution in [3.05, 3.63) is 34.9 Å². The molecule has 0 aliphatic carbocycles. The minimum Gasteiger partial charge on any atom is -0.333 e. The van der Waals surface area contributed by atoms with Gasteiger partial charge in [-0.2, -0.15) is 0 Å². The highest BCUT2D eigenvalue weighted by atomic mass is 35.5. The maximum absolute atomic E-state index is 12.2. The number of hydrogen-bond acceptors (Lipinski definition) is 2. The number of halogens is 2. The van der Waals surface area contributed by atoms with Gasteiger partial charge in [-0.15, -0.1) is 12.4 Å². The van der Waals surface area contributed by atoms with Crippen molar-refractivity contribution in [2.45, 2.75) is 13.0 Å². The van der Waals surface area contributed by atoms with Crippen LogP contribution in [0.2, 0.25) is 5.02 Å². The number of benzene rings is 1. The van der Waals surface area contributed by atoms with Crippen LogP contribution < -0.4 is 5.32 Å². The fraction of sp³-hybridized carbons (Fsp3) is 0.417. The third kappa shape index (κ3) is 3.35. The van der Waals surface area contributed by atoms with Crippen molar-refractivity contribution in [2.24, 2.45) is 0 Å². The minimum atomic E-state index is 0. The van der Waals surface area contributed by atoms with Crippen LogP contribution in [0.4, 0.5) is 0 Å². The lowest BCUT2D eigenvalue weighted by atomic mass is 10.1. The molecule has 0 unspecified atom stereocenters. The summed E-state index contributed by atoms with van der Waals surface area (Å²) in [6.45, 7) is 4.52. The molecule has 2 rings (SSSR count). The van der Waals surface area contributed by atoms with Gasteiger partial charge in [0, 0.05) is 36.3 Å². The zero-order chi connectivity index (χ0) is 11.5. The highest BCUT2D eigenvalue weighted by molar-refractivity contribution is 6.30. The average molecular weight is 275 g/mol. The maximum Gasteiger partial charge on any atom is 0.254 e. The molecule has 0 radical (unpaired) electrons. The number of carbonyl (C=O) groups is 1. The van der Waals surface area contributed by atoms with E-state index in [0.717, 1.165) is 19.6 Å². The smallest absolute Gasteiger partial charge is 0.254 e. The summed E-state index contributed by atoms with van der Waals surface area (Å²) < 4.78 is 0. The number of piperazine rings is 1. The lowest BCUT2D eigenvalue weighted by molar-refractivity contribution is 0.0656. The second-order valence-corrected chi connectivity index (χ2v) is 4.50. The van der Waals surface area contributed by atoms with Crippen molar-refractivity contribution in [3.8, 4) is 0 Å². The van der Waals surface area contributed by atoms with E-state index in [-0.39, 0.29) is 24.4 Å². The summed E-state index contributed by atoms with van der Waals surface area (Å²) in [5.41, 5.74) is 0.668. The molecule has 1 atom stereocenters. The number of nitrogens with one attached hydrogen (secondary N) is 1. The molecule has 1 aliphatic heterocycles. The first-order valence-corrected chi connectivity index (χ1v) is 5.83. The Kier molecular flexibility index (Phi) is 5.25. The average Bonchev–Trinajstić information content (AvgIpc) is 2.29. The number of hydrogen-bond donors (Lipinski definition) is 1. The number of rotatable bonds is 1. The van der Waals surface area contributed by atoms with Crippen molar-refractivity contribution >= 4 is 29.9 Å². The van der Waals surface area contributed by atoms with Gasteiger partial charge in [-0.1, -0.05) is 17.7 Å². The lowest BCUT2D eigenvalue weighted by Crippen LogP contribution is -2.52. The third-order valence-electron chi connectivity index (χ3n) is 2.83. The zero-order valence-corrected chi connectivity index (χ0v) is 11.2. The van der Waals surface area contributed by atoms with E-state index in [4.69, 9.17) is 11.6 Å². The summed E-state index contributed by atoms with van der Waals surface area (Å²) in [6, 6.07) is 7.35. The largest absolute Gasteiger partial charge is 0.333 e. The Morgan fingerprint density at radius 1 is 1.53 bits per heavy atom. The van der Waals surface area contributed by atoms with Gasteiger partial charge in [-0.3, -0.25) is 4.79 Å². The Morgan fingerprint density at radius 3 is 2.94 bits per heavy atom. The molecular weight excluding hydrogens is 259 g/mol. The van der Waals surface area contributed by atoms with Gasteiger partial charge in [0.2, 0.25) is 0 Å². The molecule has 1 heterocycles. The van der Waals surface area contributed by atoms with Gasteiger partial charge in [0.25, 0.3) is 5.91 Å². The molecule has 1 aromatic rings. The molecule has 94 valence electrons. The van der Waals surface area contributed by atoms with Crippen molar-refractivity contribution in [3.63, 3.8) is 0 Å². The van der Waals surface area contributed by atoms with E-state index in [1.807, 2.05) is 17.0 Å². The van der Waals surface area contributed by atoms with E-state index in [2.05, 4.69) is 12.2 Å². The number of amides is 1. The molecule has 1 N–H and O–H groups in total.